The Morgan fingerprint density at radius 2 is 1.97 bits per heavy atom. The van der Waals surface area contributed by atoms with Crippen molar-refractivity contribution in [3.8, 4) is 0 Å². The van der Waals surface area contributed by atoms with E-state index in [-0.39, 0.29) is 11.4 Å². The van der Waals surface area contributed by atoms with Crippen LogP contribution in [0.4, 0.5) is 5.69 Å². The molecule has 2 N–H and O–H groups in total. The molecule has 154 valence electrons. The number of hydrogen-bond acceptors (Lipinski definition) is 4. The first-order valence-corrected chi connectivity index (χ1v) is 10.9. The molecule has 4 aromatic rings. The zero-order chi connectivity index (χ0) is 21.7. The summed E-state index contributed by atoms with van der Waals surface area (Å²) in [5.74, 6) is -1.53. The van der Waals surface area contributed by atoms with E-state index >= 15 is 0 Å². The molecule has 5 rings (SSSR count). The molecule has 0 fully saturated rings. The van der Waals surface area contributed by atoms with Gasteiger partial charge in [-0.2, -0.15) is 0 Å². The maximum absolute atomic E-state index is 13.4. The topological polar surface area (TPSA) is 73.4 Å². The van der Waals surface area contributed by atoms with Crippen molar-refractivity contribution in [3.63, 3.8) is 0 Å². The van der Waals surface area contributed by atoms with Crippen molar-refractivity contribution in [1.82, 2.24) is 4.98 Å². The summed E-state index contributed by atoms with van der Waals surface area (Å²) in [5.41, 5.74) is 3.05. The van der Waals surface area contributed by atoms with E-state index in [1.807, 2.05) is 37.3 Å². The molecule has 1 amide bonds. The van der Waals surface area contributed by atoms with Gasteiger partial charge in [0.2, 0.25) is 5.78 Å². The Morgan fingerprint density at radius 1 is 1.16 bits per heavy atom. The molecule has 0 radical (unpaired) electrons. The van der Waals surface area contributed by atoms with Crippen molar-refractivity contribution in [2.75, 3.05) is 4.90 Å². The number of benzene rings is 2. The second-order valence-corrected chi connectivity index (χ2v) is 8.72. The number of ketones is 1. The molecule has 0 saturated carbocycles. The van der Waals surface area contributed by atoms with Crippen LogP contribution in [-0.4, -0.2) is 21.8 Å². The third-order valence-electron chi connectivity index (χ3n) is 5.55. The first-order chi connectivity index (χ1) is 15.0. The number of nitrogens with zero attached hydrogens (tertiary/aromatic N) is 1. The molecule has 7 heteroatoms. The fraction of sp³-hybridized carbons (Fsp3) is 0.0833. The van der Waals surface area contributed by atoms with Crippen LogP contribution in [0.1, 0.15) is 26.8 Å². The fourth-order valence-corrected chi connectivity index (χ4v) is 4.84. The molecule has 0 saturated heterocycles. The monoisotopic (exact) mass is 448 g/mol. The van der Waals surface area contributed by atoms with Gasteiger partial charge in [0.15, 0.2) is 5.76 Å². The van der Waals surface area contributed by atoms with Gasteiger partial charge in [0, 0.05) is 33.4 Å². The normalized spacial score (nSPS) is 16.5. The quantitative estimate of drug-likeness (QED) is 0.377. The lowest BCUT2D eigenvalue weighted by molar-refractivity contribution is -0.117. The number of carbonyl (C=O) groups is 2. The highest BCUT2D eigenvalue weighted by Crippen LogP contribution is 2.44. The summed E-state index contributed by atoms with van der Waals surface area (Å²) in [7, 11) is 0. The van der Waals surface area contributed by atoms with Crippen LogP contribution in [0, 0.1) is 6.92 Å². The van der Waals surface area contributed by atoms with Crippen LogP contribution in [0.2, 0.25) is 5.02 Å². The molecule has 5 nitrogen and oxygen atoms in total. The van der Waals surface area contributed by atoms with Crippen LogP contribution < -0.4 is 4.90 Å². The standard InChI is InChI=1S/C24H17ClN2O3S/c1-13-8-9-14(11-17(13)25)27-21(16-12-26-18-6-3-2-5-15(16)18)20(23(29)24(27)30)22(28)19-7-4-10-31-19/h2-12,21,26,29H,1H3. The van der Waals surface area contributed by atoms with Gasteiger partial charge < -0.3 is 10.1 Å². The molecule has 1 unspecified atom stereocenters. The molecular formula is C24H17ClN2O3S. The van der Waals surface area contributed by atoms with Gasteiger partial charge in [-0.15, -0.1) is 11.3 Å². The molecule has 2 aromatic heterocycles. The molecule has 0 spiro atoms. The molecule has 3 heterocycles. The maximum Gasteiger partial charge on any atom is 0.294 e. The van der Waals surface area contributed by atoms with E-state index in [0.29, 0.717) is 15.6 Å². The van der Waals surface area contributed by atoms with Gasteiger partial charge in [0.25, 0.3) is 5.91 Å². The van der Waals surface area contributed by atoms with Crippen LogP contribution in [0.5, 0.6) is 0 Å². The largest absolute Gasteiger partial charge is 0.503 e. The molecule has 31 heavy (non-hydrogen) atoms. The summed E-state index contributed by atoms with van der Waals surface area (Å²) < 4.78 is 0. The highest BCUT2D eigenvalue weighted by atomic mass is 35.5. The van der Waals surface area contributed by atoms with E-state index < -0.39 is 17.7 Å². The molecule has 1 atom stereocenters. The van der Waals surface area contributed by atoms with Crippen LogP contribution in [0.25, 0.3) is 10.9 Å². The number of aromatic amines is 1. The Kier molecular flexibility index (Phi) is 4.68. The lowest BCUT2D eigenvalue weighted by atomic mass is 9.94. The average Bonchev–Trinajstić information content (AvgIpc) is 3.49. The summed E-state index contributed by atoms with van der Waals surface area (Å²) in [6, 6.07) is 15.6. The number of hydrogen-bond donors (Lipinski definition) is 2. The Bertz CT molecular complexity index is 1370. The third-order valence-corrected chi connectivity index (χ3v) is 6.82. The number of nitrogens with one attached hydrogen (secondary N) is 1. The highest BCUT2D eigenvalue weighted by Gasteiger charge is 2.45. The Balaban J connectivity index is 1.74. The molecule has 0 bridgehead atoms. The van der Waals surface area contributed by atoms with Gasteiger partial charge >= 0.3 is 0 Å². The van der Waals surface area contributed by atoms with Crippen LogP contribution >= 0.6 is 22.9 Å². The van der Waals surface area contributed by atoms with Crippen molar-refractivity contribution >= 4 is 51.2 Å². The second kappa shape index (κ2) is 7.41. The zero-order valence-corrected chi connectivity index (χ0v) is 18.0. The predicted octanol–water partition coefficient (Wildman–Crippen LogP) is 5.97. The van der Waals surface area contributed by atoms with Crippen LogP contribution in [0.15, 0.2) is 77.5 Å². The highest BCUT2D eigenvalue weighted by molar-refractivity contribution is 7.12. The van der Waals surface area contributed by atoms with Crippen molar-refractivity contribution in [2.45, 2.75) is 13.0 Å². The summed E-state index contributed by atoms with van der Waals surface area (Å²) >= 11 is 7.61. The fourth-order valence-electron chi connectivity index (χ4n) is 3.99. The van der Waals surface area contributed by atoms with Crippen molar-refractivity contribution in [3.05, 3.63) is 98.5 Å². The van der Waals surface area contributed by atoms with E-state index in [4.69, 9.17) is 11.6 Å². The number of H-pyrrole nitrogens is 1. The van der Waals surface area contributed by atoms with Crippen molar-refractivity contribution in [1.29, 1.82) is 0 Å². The number of halogens is 1. The van der Waals surface area contributed by atoms with E-state index in [0.717, 1.165) is 22.0 Å². The van der Waals surface area contributed by atoms with Crippen LogP contribution in [-0.2, 0) is 4.79 Å². The van der Waals surface area contributed by atoms with Crippen molar-refractivity contribution in [2.24, 2.45) is 0 Å². The number of aromatic nitrogens is 1. The number of amides is 1. The van der Waals surface area contributed by atoms with E-state index in [1.54, 1.807) is 35.8 Å². The number of aliphatic hydroxyl groups excluding tert-OH is 1. The van der Waals surface area contributed by atoms with E-state index in [1.165, 1.54) is 16.2 Å². The Morgan fingerprint density at radius 3 is 2.71 bits per heavy atom. The maximum atomic E-state index is 13.4. The van der Waals surface area contributed by atoms with Gasteiger partial charge in [-0.3, -0.25) is 14.5 Å². The van der Waals surface area contributed by atoms with Gasteiger partial charge in [-0.05, 0) is 42.1 Å². The van der Waals surface area contributed by atoms with Gasteiger partial charge in [0.1, 0.15) is 0 Å². The predicted molar refractivity (Wildman–Crippen MR) is 123 cm³/mol. The third kappa shape index (κ3) is 3.07. The lowest BCUT2D eigenvalue weighted by Crippen LogP contribution is -2.31. The first kappa shape index (κ1) is 19.6. The van der Waals surface area contributed by atoms with Gasteiger partial charge in [-0.25, -0.2) is 0 Å². The summed E-state index contributed by atoms with van der Waals surface area (Å²) in [5, 5.41) is 14.0. The summed E-state index contributed by atoms with van der Waals surface area (Å²) in [6.07, 6.45) is 1.78. The Labute approximate surface area is 187 Å². The first-order valence-electron chi connectivity index (χ1n) is 9.64. The smallest absolute Gasteiger partial charge is 0.294 e. The average molecular weight is 449 g/mol. The number of carbonyl (C=O) groups excluding carboxylic acids is 2. The number of aryl methyl sites for hydroxylation is 1. The molecule has 1 aliphatic rings. The number of aliphatic hydroxyl groups is 1. The number of fused-ring (bicyclic) bond motifs is 1. The number of rotatable bonds is 4. The van der Waals surface area contributed by atoms with Gasteiger partial charge in [0.05, 0.1) is 16.5 Å². The zero-order valence-electron chi connectivity index (χ0n) is 16.4. The molecule has 1 aliphatic heterocycles. The lowest BCUT2D eigenvalue weighted by Gasteiger charge is -2.26. The second-order valence-electron chi connectivity index (χ2n) is 7.37. The van der Waals surface area contributed by atoms with E-state index in [9.17, 15) is 14.7 Å². The SMILES string of the molecule is Cc1ccc(N2C(=O)C(O)=C(C(=O)c3cccs3)C2c2c[nH]c3ccccc23)cc1Cl. The number of anilines is 1. The minimum Gasteiger partial charge on any atom is -0.503 e. The summed E-state index contributed by atoms with van der Waals surface area (Å²) in [4.78, 5) is 31.7. The molecule has 0 aliphatic carbocycles. The van der Waals surface area contributed by atoms with Crippen LogP contribution in [0.3, 0.4) is 0 Å². The number of para-hydroxylation sites is 1. The molecular weight excluding hydrogens is 432 g/mol. The minimum atomic E-state index is -0.794. The Hall–Kier alpha value is -3.35. The number of Topliss-reactive ketones (excluding diaryl/α,β-unsaturated/α-hetero) is 1. The molecule has 2 aromatic carbocycles. The van der Waals surface area contributed by atoms with Crippen molar-refractivity contribution < 1.29 is 14.7 Å². The minimum absolute atomic E-state index is 0.0638. The summed E-state index contributed by atoms with van der Waals surface area (Å²) in [6.45, 7) is 1.87. The van der Waals surface area contributed by atoms with Gasteiger partial charge in [-0.1, -0.05) is 41.9 Å². The van der Waals surface area contributed by atoms with E-state index in [2.05, 4.69) is 4.98 Å². The number of thiophene rings is 1.